The van der Waals surface area contributed by atoms with E-state index in [1.165, 1.54) is 17.7 Å². The predicted octanol–water partition coefficient (Wildman–Crippen LogP) is 3.59. The van der Waals surface area contributed by atoms with Crippen LogP contribution in [0.1, 0.15) is 29.7 Å². The molecule has 0 aliphatic heterocycles. The summed E-state index contributed by atoms with van der Waals surface area (Å²) >= 11 is 0. The minimum absolute atomic E-state index is 0. The van der Waals surface area contributed by atoms with E-state index in [0.717, 1.165) is 17.7 Å². The quantitative estimate of drug-likeness (QED) is 0.294. The molecule has 2 aromatic rings. The number of aliphatic imine (C=N–C) groups is 1. The number of halogens is 2. The van der Waals surface area contributed by atoms with Crippen LogP contribution in [0.15, 0.2) is 47.5 Å². The smallest absolute Gasteiger partial charge is 0.191 e. The van der Waals surface area contributed by atoms with Crippen LogP contribution in [0.25, 0.3) is 0 Å². The monoisotopic (exact) mass is 501 g/mol. The van der Waals surface area contributed by atoms with Gasteiger partial charge >= 0.3 is 0 Å². The SMILES string of the molecule is CCNC(=NCC(O)c1ccc(F)cc1)NCCc1cc(C)ccc1OC.I. The van der Waals surface area contributed by atoms with Gasteiger partial charge in [-0.15, -0.1) is 24.0 Å². The summed E-state index contributed by atoms with van der Waals surface area (Å²) in [6.07, 6.45) is 0.00778. The van der Waals surface area contributed by atoms with Crippen molar-refractivity contribution in [3.8, 4) is 5.75 Å². The fourth-order valence-corrected chi connectivity index (χ4v) is 2.73. The van der Waals surface area contributed by atoms with Gasteiger partial charge in [0.25, 0.3) is 0 Å². The molecule has 0 amide bonds. The molecule has 1 unspecified atom stereocenters. The summed E-state index contributed by atoms with van der Waals surface area (Å²) in [5.74, 6) is 1.18. The second-order valence-corrected chi connectivity index (χ2v) is 6.28. The molecule has 0 fully saturated rings. The van der Waals surface area contributed by atoms with Crippen LogP contribution < -0.4 is 15.4 Å². The predicted molar refractivity (Wildman–Crippen MR) is 122 cm³/mol. The van der Waals surface area contributed by atoms with Gasteiger partial charge in [-0.2, -0.15) is 0 Å². The standard InChI is InChI=1S/C21H28FN3O2.HI/c1-4-23-21(25-14-19(26)16-6-8-18(22)9-7-16)24-12-11-17-13-15(2)5-10-20(17)27-3;/h5-10,13,19,26H,4,11-12,14H2,1-3H3,(H2,23,24,25);1H. The highest BCUT2D eigenvalue weighted by atomic mass is 127. The number of hydrogen-bond donors (Lipinski definition) is 3. The molecule has 0 saturated carbocycles. The summed E-state index contributed by atoms with van der Waals surface area (Å²) in [6.45, 7) is 5.62. The molecule has 5 nitrogen and oxygen atoms in total. The molecule has 0 aromatic heterocycles. The van der Waals surface area contributed by atoms with Crippen molar-refractivity contribution >= 4 is 29.9 Å². The second-order valence-electron chi connectivity index (χ2n) is 6.28. The van der Waals surface area contributed by atoms with Crippen LogP contribution in [0.2, 0.25) is 0 Å². The Hall–Kier alpha value is -1.87. The maximum absolute atomic E-state index is 13.0. The first-order valence-electron chi connectivity index (χ1n) is 9.12. The lowest BCUT2D eigenvalue weighted by Crippen LogP contribution is -2.38. The van der Waals surface area contributed by atoms with Gasteiger partial charge in [-0.3, -0.25) is 4.99 Å². The van der Waals surface area contributed by atoms with Gasteiger partial charge in [-0.25, -0.2) is 4.39 Å². The first-order valence-corrected chi connectivity index (χ1v) is 9.12. The zero-order valence-corrected chi connectivity index (χ0v) is 18.9. The number of hydrogen-bond acceptors (Lipinski definition) is 3. The maximum atomic E-state index is 13.0. The van der Waals surface area contributed by atoms with Crippen LogP contribution >= 0.6 is 24.0 Å². The molecule has 0 aliphatic carbocycles. The Labute approximate surface area is 183 Å². The van der Waals surface area contributed by atoms with E-state index in [1.54, 1.807) is 19.2 Å². The highest BCUT2D eigenvalue weighted by Crippen LogP contribution is 2.19. The summed E-state index contributed by atoms with van der Waals surface area (Å²) in [7, 11) is 1.67. The zero-order valence-electron chi connectivity index (χ0n) is 16.5. The number of nitrogens with one attached hydrogen (secondary N) is 2. The fraction of sp³-hybridized carbons (Fsp3) is 0.381. The number of ether oxygens (including phenoxy) is 1. The average Bonchev–Trinajstić information content (AvgIpc) is 2.66. The van der Waals surface area contributed by atoms with Gasteiger partial charge in [-0.1, -0.05) is 29.8 Å². The van der Waals surface area contributed by atoms with E-state index in [1.807, 2.05) is 19.1 Å². The Kier molecular flexibility index (Phi) is 10.8. The minimum atomic E-state index is -0.780. The molecule has 2 rings (SSSR count). The third-order valence-corrected chi connectivity index (χ3v) is 4.14. The largest absolute Gasteiger partial charge is 0.496 e. The summed E-state index contributed by atoms with van der Waals surface area (Å²) in [5.41, 5.74) is 2.96. The number of aliphatic hydroxyl groups excluding tert-OH is 1. The molecule has 0 bridgehead atoms. The first kappa shape index (κ1) is 24.2. The Morgan fingerprint density at radius 1 is 1.18 bits per heavy atom. The molecule has 0 radical (unpaired) electrons. The molecule has 7 heteroatoms. The van der Waals surface area contributed by atoms with E-state index in [-0.39, 0.29) is 36.3 Å². The van der Waals surface area contributed by atoms with E-state index in [9.17, 15) is 9.50 Å². The molecule has 0 aliphatic rings. The lowest BCUT2D eigenvalue weighted by Gasteiger charge is -2.14. The van der Waals surface area contributed by atoms with Crippen LogP contribution in [0.5, 0.6) is 5.75 Å². The van der Waals surface area contributed by atoms with E-state index >= 15 is 0 Å². The molecule has 0 saturated heterocycles. The molecular weight excluding hydrogens is 472 g/mol. The van der Waals surface area contributed by atoms with E-state index in [0.29, 0.717) is 24.6 Å². The lowest BCUT2D eigenvalue weighted by atomic mass is 10.1. The van der Waals surface area contributed by atoms with Crippen LogP contribution in [-0.2, 0) is 6.42 Å². The summed E-state index contributed by atoms with van der Waals surface area (Å²) in [4.78, 5) is 4.42. The minimum Gasteiger partial charge on any atom is -0.496 e. The van der Waals surface area contributed by atoms with E-state index in [2.05, 4.69) is 28.6 Å². The van der Waals surface area contributed by atoms with Gasteiger partial charge in [0.15, 0.2) is 5.96 Å². The van der Waals surface area contributed by atoms with Crippen LogP contribution in [0.3, 0.4) is 0 Å². The average molecular weight is 501 g/mol. The van der Waals surface area contributed by atoms with Gasteiger partial charge in [0, 0.05) is 13.1 Å². The van der Waals surface area contributed by atoms with Crippen molar-refractivity contribution < 1.29 is 14.2 Å². The Morgan fingerprint density at radius 2 is 1.89 bits per heavy atom. The van der Waals surface area contributed by atoms with E-state index in [4.69, 9.17) is 4.74 Å². The summed E-state index contributed by atoms with van der Waals surface area (Å²) in [6, 6.07) is 11.9. The van der Waals surface area contributed by atoms with Crippen molar-refractivity contribution in [3.05, 3.63) is 65.0 Å². The zero-order chi connectivity index (χ0) is 19.6. The topological polar surface area (TPSA) is 65.9 Å². The summed E-state index contributed by atoms with van der Waals surface area (Å²) < 4.78 is 18.4. The lowest BCUT2D eigenvalue weighted by molar-refractivity contribution is 0.187. The molecule has 0 heterocycles. The number of aliphatic hydroxyl groups is 1. The highest BCUT2D eigenvalue weighted by molar-refractivity contribution is 14.0. The van der Waals surface area contributed by atoms with Crippen LogP contribution in [0, 0.1) is 12.7 Å². The highest BCUT2D eigenvalue weighted by Gasteiger charge is 2.08. The molecular formula is C21H29FIN3O2. The van der Waals surface area contributed by atoms with Crippen molar-refractivity contribution in [1.29, 1.82) is 0 Å². The third-order valence-electron chi connectivity index (χ3n) is 4.14. The molecule has 2 aromatic carbocycles. The normalized spacial score (nSPS) is 12.1. The molecule has 154 valence electrons. The van der Waals surface area contributed by atoms with Crippen molar-refractivity contribution in [3.63, 3.8) is 0 Å². The Bertz CT molecular complexity index is 754. The van der Waals surface area contributed by atoms with Crippen molar-refractivity contribution in [1.82, 2.24) is 10.6 Å². The number of methoxy groups -OCH3 is 1. The van der Waals surface area contributed by atoms with E-state index < -0.39 is 6.10 Å². The maximum Gasteiger partial charge on any atom is 0.191 e. The Balaban J connectivity index is 0.00000392. The van der Waals surface area contributed by atoms with Crippen molar-refractivity contribution in [2.45, 2.75) is 26.4 Å². The molecule has 28 heavy (non-hydrogen) atoms. The van der Waals surface area contributed by atoms with Gasteiger partial charge in [0.1, 0.15) is 11.6 Å². The first-order chi connectivity index (χ1) is 13.0. The fourth-order valence-electron chi connectivity index (χ4n) is 2.73. The van der Waals surface area contributed by atoms with Gasteiger partial charge in [-0.05, 0) is 49.6 Å². The number of nitrogens with zero attached hydrogens (tertiary/aromatic N) is 1. The van der Waals surface area contributed by atoms with Gasteiger partial charge in [0.2, 0.25) is 0 Å². The third kappa shape index (κ3) is 7.63. The number of benzene rings is 2. The van der Waals surface area contributed by atoms with Crippen molar-refractivity contribution in [2.24, 2.45) is 4.99 Å². The number of rotatable bonds is 8. The van der Waals surface area contributed by atoms with Gasteiger partial charge < -0.3 is 20.5 Å². The second kappa shape index (κ2) is 12.6. The molecule has 3 N–H and O–H groups in total. The van der Waals surface area contributed by atoms with Crippen LogP contribution in [0.4, 0.5) is 4.39 Å². The number of aryl methyl sites for hydroxylation is 1. The van der Waals surface area contributed by atoms with Gasteiger partial charge in [0.05, 0.1) is 19.8 Å². The number of guanidine groups is 1. The van der Waals surface area contributed by atoms with Crippen molar-refractivity contribution in [2.75, 3.05) is 26.7 Å². The molecule has 0 spiro atoms. The Morgan fingerprint density at radius 3 is 2.54 bits per heavy atom. The summed E-state index contributed by atoms with van der Waals surface area (Å²) in [5, 5.41) is 16.7. The molecule has 1 atom stereocenters. The van der Waals surface area contributed by atoms with Crippen LogP contribution in [-0.4, -0.2) is 37.8 Å².